The van der Waals surface area contributed by atoms with E-state index in [1.807, 2.05) is 0 Å². The summed E-state index contributed by atoms with van der Waals surface area (Å²) in [5.74, 6) is 0.667. The van der Waals surface area contributed by atoms with E-state index < -0.39 is 0 Å². The molecule has 0 aliphatic rings. The summed E-state index contributed by atoms with van der Waals surface area (Å²) >= 11 is 1.57. The summed E-state index contributed by atoms with van der Waals surface area (Å²) in [6.07, 6.45) is 1.62. The normalized spacial score (nSPS) is 11.6. The molecule has 0 aliphatic heterocycles. The number of fused-ring (bicyclic) bond motifs is 1. The molecule has 2 heterocycles. The smallest absolute Gasteiger partial charge is 0.234 e. The first-order valence-electron chi connectivity index (χ1n) is 4.62. The number of aromatic nitrogens is 4. The van der Waals surface area contributed by atoms with Gasteiger partial charge in [0.15, 0.2) is 0 Å². The van der Waals surface area contributed by atoms with Crippen molar-refractivity contribution in [3.05, 3.63) is 11.3 Å². The minimum absolute atomic E-state index is 0.667. The van der Waals surface area contributed by atoms with Crippen LogP contribution in [-0.2, 0) is 6.54 Å². The van der Waals surface area contributed by atoms with Crippen LogP contribution in [0.3, 0.4) is 0 Å². The molecule has 0 saturated heterocycles. The van der Waals surface area contributed by atoms with Gasteiger partial charge in [-0.05, 0) is 12.5 Å². The molecule has 0 radical (unpaired) electrons. The number of nitrogens with one attached hydrogen (secondary N) is 1. The number of hydrogen-bond donors (Lipinski definition) is 1. The van der Waals surface area contributed by atoms with Gasteiger partial charge in [-0.1, -0.05) is 25.2 Å². The Morgan fingerprint density at radius 2 is 2.43 bits per heavy atom. The predicted octanol–water partition coefficient (Wildman–Crippen LogP) is 0.931. The van der Waals surface area contributed by atoms with Crippen molar-refractivity contribution in [2.45, 2.75) is 20.4 Å². The third-order valence-corrected chi connectivity index (χ3v) is 2.67. The van der Waals surface area contributed by atoms with Crippen molar-refractivity contribution in [2.75, 3.05) is 6.54 Å². The highest BCUT2D eigenvalue weighted by Gasteiger charge is 2.04. The van der Waals surface area contributed by atoms with Crippen LogP contribution in [0.2, 0.25) is 0 Å². The number of rotatable bonds is 4. The second kappa shape index (κ2) is 4.02. The Kier molecular flexibility index (Phi) is 2.74. The van der Waals surface area contributed by atoms with Gasteiger partial charge in [0.05, 0.1) is 0 Å². The molecule has 2 aromatic heterocycles. The van der Waals surface area contributed by atoms with Crippen molar-refractivity contribution in [1.29, 1.82) is 0 Å². The van der Waals surface area contributed by atoms with E-state index in [4.69, 9.17) is 0 Å². The minimum atomic E-state index is 0.667. The summed E-state index contributed by atoms with van der Waals surface area (Å²) in [7, 11) is 0. The lowest BCUT2D eigenvalue weighted by molar-refractivity contribution is 0.549. The molecule has 0 spiro atoms. The van der Waals surface area contributed by atoms with Crippen LogP contribution in [0.1, 0.15) is 18.9 Å². The highest BCUT2D eigenvalue weighted by atomic mass is 32.1. The van der Waals surface area contributed by atoms with Crippen molar-refractivity contribution < 1.29 is 0 Å². The topological polar surface area (TPSA) is 55.1 Å². The fourth-order valence-electron chi connectivity index (χ4n) is 1.14. The molecular formula is C8H13N5S. The van der Waals surface area contributed by atoms with Crippen molar-refractivity contribution in [1.82, 2.24) is 25.1 Å². The zero-order chi connectivity index (χ0) is 9.97. The fraction of sp³-hybridized carbons (Fsp3) is 0.625. The number of hydrogen-bond acceptors (Lipinski definition) is 5. The van der Waals surface area contributed by atoms with Crippen LogP contribution in [0, 0.1) is 5.92 Å². The van der Waals surface area contributed by atoms with Crippen LogP contribution in [0.25, 0.3) is 4.96 Å². The van der Waals surface area contributed by atoms with Gasteiger partial charge in [-0.25, -0.2) is 0 Å². The van der Waals surface area contributed by atoms with E-state index in [0.29, 0.717) is 5.92 Å². The Morgan fingerprint density at radius 1 is 1.57 bits per heavy atom. The van der Waals surface area contributed by atoms with Crippen molar-refractivity contribution in [2.24, 2.45) is 5.92 Å². The van der Waals surface area contributed by atoms with E-state index in [0.717, 1.165) is 23.1 Å². The summed E-state index contributed by atoms with van der Waals surface area (Å²) in [5, 5.41) is 16.4. The molecule has 2 aromatic rings. The monoisotopic (exact) mass is 211 g/mol. The molecule has 5 nitrogen and oxygen atoms in total. The summed E-state index contributed by atoms with van der Waals surface area (Å²) in [6.45, 7) is 6.20. The molecule has 0 fully saturated rings. The van der Waals surface area contributed by atoms with Gasteiger partial charge in [0.1, 0.15) is 11.3 Å². The van der Waals surface area contributed by atoms with Gasteiger partial charge in [-0.2, -0.15) is 9.61 Å². The quantitative estimate of drug-likeness (QED) is 0.817. The maximum absolute atomic E-state index is 4.32. The first-order valence-corrected chi connectivity index (χ1v) is 5.44. The third kappa shape index (κ3) is 2.08. The van der Waals surface area contributed by atoms with Crippen molar-refractivity contribution in [3.8, 4) is 0 Å². The Balaban J connectivity index is 1.95. The molecule has 2 rings (SSSR count). The second-order valence-electron chi connectivity index (χ2n) is 3.58. The van der Waals surface area contributed by atoms with Gasteiger partial charge < -0.3 is 5.32 Å². The van der Waals surface area contributed by atoms with Gasteiger partial charge in [-0.3, -0.25) is 0 Å². The first kappa shape index (κ1) is 9.54. The Morgan fingerprint density at radius 3 is 3.14 bits per heavy atom. The van der Waals surface area contributed by atoms with E-state index >= 15 is 0 Å². The van der Waals surface area contributed by atoms with Crippen molar-refractivity contribution in [3.63, 3.8) is 0 Å². The highest BCUT2D eigenvalue weighted by Crippen LogP contribution is 2.10. The van der Waals surface area contributed by atoms with Gasteiger partial charge in [-0.15, -0.1) is 10.2 Å². The maximum Gasteiger partial charge on any atom is 0.234 e. The maximum atomic E-state index is 4.32. The molecule has 1 N–H and O–H groups in total. The lowest BCUT2D eigenvalue weighted by Gasteiger charge is -2.03. The second-order valence-corrected chi connectivity index (χ2v) is 4.62. The van der Waals surface area contributed by atoms with Crippen LogP contribution in [-0.4, -0.2) is 26.4 Å². The van der Waals surface area contributed by atoms with Crippen LogP contribution >= 0.6 is 11.3 Å². The van der Waals surface area contributed by atoms with E-state index in [2.05, 4.69) is 34.5 Å². The Hall–Kier alpha value is -1.01. The van der Waals surface area contributed by atoms with Crippen molar-refractivity contribution >= 4 is 16.3 Å². The first-order chi connectivity index (χ1) is 6.75. The molecule has 0 atom stereocenters. The summed E-state index contributed by atoms with van der Waals surface area (Å²) < 4.78 is 1.71. The SMILES string of the molecule is CC(C)CNCc1nn2cnnc2s1. The lowest BCUT2D eigenvalue weighted by atomic mass is 10.2. The molecular weight excluding hydrogens is 198 g/mol. The van der Waals surface area contributed by atoms with Gasteiger partial charge >= 0.3 is 0 Å². The lowest BCUT2D eigenvalue weighted by Crippen LogP contribution is -2.18. The zero-order valence-electron chi connectivity index (χ0n) is 8.27. The minimum Gasteiger partial charge on any atom is -0.310 e. The summed E-state index contributed by atoms with van der Waals surface area (Å²) in [6, 6.07) is 0. The van der Waals surface area contributed by atoms with E-state index in [-0.39, 0.29) is 0 Å². The third-order valence-electron chi connectivity index (χ3n) is 1.76. The summed E-state index contributed by atoms with van der Waals surface area (Å²) in [4.78, 5) is 0.853. The van der Waals surface area contributed by atoms with Crippen LogP contribution in [0.5, 0.6) is 0 Å². The molecule has 14 heavy (non-hydrogen) atoms. The van der Waals surface area contributed by atoms with Crippen LogP contribution in [0.4, 0.5) is 0 Å². The number of nitrogens with zero attached hydrogens (tertiary/aromatic N) is 4. The van der Waals surface area contributed by atoms with E-state index in [9.17, 15) is 0 Å². The average molecular weight is 211 g/mol. The molecule has 0 saturated carbocycles. The Labute approximate surface area is 86.2 Å². The van der Waals surface area contributed by atoms with Gasteiger partial charge in [0.2, 0.25) is 4.96 Å². The molecule has 0 amide bonds. The van der Waals surface area contributed by atoms with Crippen LogP contribution < -0.4 is 5.32 Å². The zero-order valence-corrected chi connectivity index (χ0v) is 9.08. The fourth-order valence-corrected chi connectivity index (χ4v) is 1.92. The van der Waals surface area contributed by atoms with E-state index in [1.54, 1.807) is 22.2 Å². The molecule has 76 valence electrons. The summed E-state index contributed by atoms with van der Waals surface area (Å²) in [5.41, 5.74) is 0. The standard InChI is InChI=1S/C8H13N5S/c1-6(2)3-9-4-7-12-13-5-10-11-8(13)14-7/h5-6,9H,3-4H2,1-2H3. The van der Waals surface area contributed by atoms with E-state index in [1.165, 1.54) is 0 Å². The highest BCUT2D eigenvalue weighted by molar-refractivity contribution is 7.16. The van der Waals surface area contributed by atoms with Crippen LogP contribution in [0.15, 0.2) is 6.33 Å². The van der Waals surface area contributed by atoms with Gasteiger partial charge in [0.25, 0.3) is 0 Å². The predicted molar refractivity (Wildman–Crippen MR) is 55.2 cm³/mol. The molecule has 0 bridgehead atoms. The molecule has 0 unspecified atom stereocenters. The average Bonchev–Trinajstić information content (AvgIpc) is 2.62. The Bertz CT molecular complexity index is 376. The molecule has 6 heteroatoms. The van der Waals surface area contributed by atoms with Gasteiger partial charge in [0, 0.05) is 6.54 Å². The molecule has 0 aromatic carbocycles. The largest absolute Gasteiger partial charge is 0.310 e. The molecule has 0 aliphatic carbocycles.